The van der Waals surface area contributed by atoms with Crippen molar-refractivity contribution in [1.82, 2.24) is 10.6 Å². The minimum Gasteiger partial charge on any atom is -0.483 e. The second kappa shape index (κ2) is 9.07. The highest BCUT2D eigenvalue weighted by Crippen LogP contribution is 2.25. The summed E-state index contributed by atoms with van der Waals surface area (Å²) < 4.78 is 5.63. The maximum atomic E-state index is 11.7. The average molecular weight is 306 g/mol. The lowest BCUT2D eigenvalue weighted by Gasteiger charge is -2.14. The molecule has 0 bridgehead atoms. The molecule has 2 N–H and O–H groups in total. The molecule has 22 heavy (non-hydrogen) atoms. The molecule has 0 fully saturated rings. The van der Waals surface area contributed by atoms with E-state index in [0.29, 0.717) is 19.5 Å². The van der Waals surface area contributed by atoms with Crippen LogP contribution in [-0.2, 0) is 9.59 Å². The van der Waals surface area contributed by atoms with E-state index < -0.39 is 0 Å². The van der Waals surface area contributed by atoms with Crippen molar-refractivity contribution in [2.75, 3.05) is 19.7 Å². The molecule has 1 aromatic rings. The van der Waals surface area contributed by atoms with Crippen molar-refractivity contribution in [1.29, 1.82) is 0 Å². The second-order valence-electron chi connectivity index (χ2n) is 5.39. The van der Waals surface area contributed by atoms with Gasteiger partial charge in [-0.2, -0.15) is 0 Å². The van der Waals surface area contributed by atoms with E-state index in [4.69, 9.17) is 4.74 Å². The van der Waals surface area contributed by atoms with Crippen molar-refractivity contribution < 1.29 is 14.3 Å². The Balaban J connectivity index is 2.32. The largest absolute Gasteiger partial charge is 0.483 e. The fourth-order valence-electron chi connectivity index (χ4n) is 2.06. The van der Waals surface area contributed by atoms with Crippen LogP contribution in [0, 0.1) is 20.8 Å². The van der Waals surface area contributed by atoms with Gasteiger partial charge < -0.3 is 15.4 Å². The number of nitrogens with one attached hydrogen (secondary N) is 2. The van der Waals surface area contributed by atoms with Crippen LogP contribution in [0.3, 0.4) is 0 Å². The van der Waals surface area contributed by atoms with Crippen LogP contribution in [-0.4, -0.2) is 31.5 Å². The first-order chi connectivity index (χ1) is 10.5. The van der Waals surface area contributed by atoms with Crippen LogP contribution in [0.2, 0.25) is 0 Å². The van der Waals surface area contributed by atoms with E-state index in [1.165, 1.54) is 0 Å². The lowest BCUT2D eigenvalue weighted by molar-refractivity contribution is -0.124. The molecule has 1 aromatic carbocycles. The van der Waals surface area contributed by atoms with Crippen LogP contribution in [0.5, 0.6) is 5.75 Å². The molecular formula is C17H26N2O3. The van der Waals surface area contributed by atoms with Crippen molar-refractivity contribution in [3.8, 4) is 5.75 Å². The van der Waals surface area contributed by atoms with Crippen LogP contribution >= 0.6 is 0 Å². The van der Waals surface area contributed by atoms with Gasteiger partial charge in [0.05, 0.1) is 0 Å². The SMILES string of the molecule is CCCC(=O)NCCNC(=O)COc1c(C)ccc(C)c1C. The number of benzene rings is 1. The summed E-state index contributed by atoms with van der Waals surface area (Å²) in [6.07, 6.45) is 1.34. The molecular weight excluding hydrogens is 280 g/mol. The smallest absolute Gasteiger partial charge is 0.258 e. The first kappa shape index (κ1) is 18.0. The molecule has 2 amide bonds. The first-order valence-electron chi connectivity index (χ1n) is 7.68. The zero-order valence-corrected chi connectivity index (χ0v) is 13.9. The zero-order valence-electron chi connectivity index (χ0n) is 13.9. The summed E-state index contributed by atoms with van der Waals surface area (Å²) in [5.74, 6) is 0.593. The van der Waals surface area contributed by atoms with Crippen molar-refractivity contribution in [2.45, 2.75) is 40.5 Å². The van der Waals surface area contributed by atoms with Gasteiger partial charge in [-0.15, -0.1) is 0 Å². The molecule has 0 saturated heterocycles. The Hall–Kier alpha value is -2.04. The Kier molecular flexibility index (Phi) is 7.43. The van der Waals surface area contributed by atoms with Gasteiger partial charge in [0.2, 0.25) is 5.91 Å². The summed E-state index contributed by atoms with van der Waals surface area (Å²) in [6, 6.07) is 4.02. The lowest BCUT2D eigenvalue weighted by atomic mass is 10.1. The van der Waals surface area contributed by atoms with Crippen LogP contribution in [0.25, 0.3) is 0 Å². The van der Waals surface area contributed by atoms with E-state index in [9.17, 15) is 9.59 Å². The third-order valence-electron chi connectivity index (χ3n) is 3.47. The second-order valence-corrected chi connectivity index (χ2v) is 5.39. The summed E-state index contributed by atoms with van der Waals surface area (Å²) in [5, 5.41) is 5.47. The molecule has 0 aliphatic rings. The molecule has 0 spiro atoms. The Labute approximate surface area is 132 Å². The van der Waals surface area contributed by atoms with Crippen LogP contribution in [0.4, 0.5) is 0 Å². The number of hydrogen-bond donors (Lipinski definition) is 2. The molecule has 0 saturated carbocycles. The average Bonchev–Trinajstić information content (AvgIpc) is 2.48. The number of hydrogen-bond acceptors (Lipinski definition) is 3. The lowest BCUT2D eigenvalue weighted by Crippen LogP contribution is -2.36. The van der Waals surface area contributed by atoms with Crippen LogP contribution < -0.4 is 15.4 Å². The van der Waals surface area contributed by atoms with Crippen molar-refractivity contribution in [3.63, 3.8) is 0 Å². The Morgan fingerprint density at radius 3 is 2.23 bits per heavy atom. The maximum Gasteiger partial charge on any atom is 0.258 e. The summed E-state index contributed by atoms with van der Waals surface area (Å²) in [7, 11) is 0. The molecule has 0 unspecified atom stereocenters. The van der Waals surface area contributed by atoms with Crippen molar-refractivity contribution in [2.24, 2.45) is 0 Å². The first-order valence-corrected chi connectivity index (χ1v) is 7.68. The summed E-state index contributed by atoms with van der Waals surface area (Å²) in [4.78, 5) is 23.0. The van der Waals surface area contributed by atoms with Gasteiger partial charge in [0, 0.05) is 19.5 Å². The fraction of sp³-hybridized carbons (Fsp3) is 0.529. The minimum absolute atomic E-state index is 0.0130. The Bertz CT molecular complexity index is 527. The molecule has 122 valence electrons. The third-order valence-corrected chi connectivity index (χ3v) is 3.47. The van der Waals surface area contributed by atoms with Gasteiger partial charge in [0.25, 0.3) is 5.91 Å². The summed E-state index contributed by atoms with van der Waals surface area (Å²) in [6.45, 7) is 8.74. The van der Waals surface area contributed by atoms with E-state index in [-0.39, 0.29) is 18.4 Å². The molecule has 0 aliphatic carbocycles. The number of ether oxygens (including phenoxy) is 1. The van der Waals surface area contributed by atoms with Gasteiger partial charge in [0.1, 0.15) is 5.75 Å². The standard InChI is InChI=1S/C17H26N2O3/c1-5-6-15(20)18-9-10-19-16(21)11-22-17-13(3)8-7-12(2)14(17)4/h7-8H,5-6,9-11H2,1-4H3,(H,18,20)(H,19,21). The van der Waals surface area contributed by atoms with Gasteiger partial charge >= 0.3 is 0 Å². The molecule has 5 heteroatoms. The fourth-order valence-corrected chi connectivity index (χ4v) is 2.06. The summed E-state index contributed by atoms with van der Waals surface area (Å²) in [5.41, 5.74) is 3.21. The zero-order chi connectivity index (χ0) is 16.5. The molecule has 0 atom stereocenters. The van der Waals surface area contributed by atoms with E-state index in [1.807, 2.05) is 39.8 Å². The molecule has 0 radical (unpaired) electrons. The third kappa shape index (κ3) is 5.76. The van der Waals surface area contributed by atoms with E-state index in [2.05, 4.69) is 10.6 Å². The highest BCUT2D eigenvalue weighted by atomic mass is 16.5. The highest BCUT2D eigenvalue weighted by molar-refractivity contribution is 5.78. The molecule has 0 aromatic heterocycles. The van der Waals surface area contributed by atoms with Gasteiger partial charge in [-0.05, 0) is 43.9 Å². The van der Waals surface area contributed by atoms with Crippen molar-refractivity contribution in [3.05, 3.63) is 28.8 Å². The topological polar surface area (TPSA) is 67.4 Å². The summed E-state index contributed by atoms with van der Waals surface area (Å²) >= 11 is 0. The van der Waals surface area contributed by atoms with Gasteiger partial charge in [-0.3, -0.25) is 9.59 Å². The predicted octanol–water partition coefficient (Wildman–Crippen LogP) is 2.02. The van der Waals surface area contributed by atoms with Crippen LogP contribution in [0.15, 0.2) is 12.1 Å². The Morgan fingerprint density at radius 2 is 1.59 bits per heavy atom. The van der Waals surface area contributed by atoms with Crippen molar-refractivity contribution >= 4 is 11.8 Å². The molecule has 0 aliphatic heterocycles. The van der Waals surface area contributed by atoms with Gasteiger partial charge in [0.15, 0.2) is 6.61 Å². The normalized spacial score (nSPS) is 10.2. The number of rotatable bonds is 8. The number of carbonyl (C=O) groups is 2. The van der Waals surface area contributed by atoms with E-state index >= 15 is 0 Å². The van der Waals surface area contributed by atoms with E-state index in [0.717, 1.165) is 28.9 Å². The minimum atomic E-state index is -0.190. The quantitative estimate of drug-likeness (QED) is 0.722. The molecule has 1 rings (SSSR count). The van der Waals surface area contributed by atoms with Gasteiger partial charge in [-0.25, -0.2) is 0 Å². The molecule has 5 nitrogen and oxygen atoms in total. The maximum absolute atomic E-state index is 11.7. The Morgan fingerprint density at radius 1 is 1.00 bits per heavy atom. The number of carbonyl (C=O) groups excluding carboxylic acids is 2. The monoisotopic (exact) mass is 306 g/mol. The van der Waals surface area contributed by atoms with Gasteiger partial charge in [-0.1, -0.05) is 19.1 Å². The highest BCUT2D eigenvalue weighted by Gasteiger charge is 2.09. The molecule has 0 heterocycles. The predicted molar refractivity (Wildman–Crippen MR) is 87.1 cm³/mol. The number of aryl methyl sites for hydroxylation is 2. The van der Waals surface area contributed by atoms with E-state index in [1.54, 1.807) is 0 Å². The number of amides is 2. The van der Waals surface area contributed by atoms with Crippen LogP contribution in [0.1, 0.15) is 36.5 Å².